The molecule has 0 fully saturated rings. The summed E-state index contributed by atoms with van der Waals surface area (Å²) in [6.45, 7) is 0.457. The van der Waals surface area contributed by atoms with E-state index in [0.717, 1.165) is 5.56 Å². The fourth-order valence-corrected chi connectivity index (χ4v) is 2.66. The monoisotopic (exact) mass is 324 g/mol. The van der Waals surface area contributed by atoms with Crippen molar-refractivity contribution >= 4 is 16.7 Å². The van der Waals surface area contributed by atoms with Crippen molar-refractivity contribution in [2.24, 2.45) is 7.05 Å². The van der Waals surface area contributed by atoms with Crippen molar-refractivity contribution in [3.8, 4) is 0 Å². The summed E-state index contributed by atoms with van der Waals surface area (Å²) in [5.74, 6) is -0.789. The zero-order valence-electron chi connectivity index (χ0n) is 13.3. The second-order valence-electron chi connectivity index (χ2n) is 5.62. The van der Waals surface area contributed by atoms with Gasteiger partial charge in [0.2, 0.25) is 0 Å². The van der Waals surface area contributed by atoms with Gasteiger partial charge < -0.3 is 9.88 Å². The van der Waals surface area contributed by atoms with E-state index in [-0.39, 0.29) is 17.2 Å². The van der Waals surface area contributed by atoms with Gasteiger partial charge in [-0.15, -0.1) is 0 Å². The summed E-state index contributed by atoms with van der Waals surface area (Å²) < 4.78 is 14.7. The molecule has 0 aliphatic heterocycles. The van der Waals surface area contributed by atoms with Crippen LogP contribution in [0.4, 0.5) is 4.39 Å². The molecule has 1 amide bonds. The molecule has 24 heavy (non-hydrogen) atoms. The minimum atomic E-state index is -0.439. The van der Waals surface area contributed by atoms with Gasteiger partial charge in [-0.3, -0.25) is 9.59 Å². The van der Waals surface area contributed by atoms with Crippen LogP contribution in [0, 0.1) is 5.82 Å². The van der Waals surface area contributed by atoms with Crippen LogP contribution in [0.2, 0.25) is 0 Å². The Kier molecular flexibility index (Phi) is 4.42. The number of hydrogen-bond acceptors (Lipinski definition) is 2. The molecule has 1 heterocycles. The quantitative estimate of drug-likeness (QED) is 0.802. The highest BCUT2D eigenvalue weighted by atomic mass is 19.1. The first-order chi connectivity index (χ1) is 11.6. The Hall–Kier alpha value is -2.95. The van der Waals surface area contributed by atoms with Gasteiger partial charge in [-0.25, -0.2) is 4.39 Å². The molecule has 0 aliphatic rings. The second-order valence-corrected chi connectivity index (χ2v) is 5.62. The van der Waals surface area contributed by atoms with Crippen LogP contribution in [0.25, 0.3) is 10.8 Å². The molecule has 0 spiro atoms. The summed E-state index contributed by atoms with van der Waals surface area (Å²) in [5.41, 5.74) is 1.01. The van der Waals surface area contributed by atoms with Crippen molar-refractivity contribution in [3.05, 3.63) is 82.0 Å². The van der Waals surface area contributed by atoms with E-state index in [1.807, 2.05) is 30.3 Å². The average Bonchev–Trinajstić information content (AvgIpc) is 2.58. The molecule has 0 saturated carbocycles. The van der Waals surface area contributed by atoms with Gasteiger partial charge in [0, 0.05) is 19.0 Å². The van der Waals surface area contributed by atoms with E-state index in [1.165, 1.54) is 35.9 Å². The summed E-state index contributed by atoms with van der Waals surface area (Å²) >= 11 is 0. The lowest BCUT2D eigenvalue weighted by atomic mass is 10.1. The molecule has 3 rings (SSSR count). The Morgan fingerprint density at radius 1 is 1.12 bits per heavy atom. The molecule has 0 unspecified atom stereocenters. The first-order valence-corrected chi connectivity index (χ1v) is 7.67. The van der Waals surface area contributed by atoms with Crippen LogP contribution < -0.4 is 10.9 Å². The van der Waals surface area contributed by atoms with Crippen molar-refractivity contribution in [2.75, 3.05) is 6.54 Å². The first-order valence-electron chi connectivity index (χ1n) is 7.67. The van der Waals surface area contributed by atoms with Crippen molar-refractivity contribution in [1.82, 2.24) is 9.88 Å². The van der Waals surface area contributed by atoms with Gasteiger partial charge in [0.25, 0.3) is 11.5 Å². The van der Waals surface area contributed by atoms with Crippen molar-refractivity contribution in [3.63, 3.8) is 0 Å². The smallest absolute Gasteiger partial charge is 0.268 e. The number of amides is 1. The van der Waals surface area contributed by atoms with E-state index in [4.69, 9.17) is 0 Å². The van der Waals surface area contributed by atoms with Crippen LogP contribution in [0.1, 0.15) is 16.1 Å². The van der Waals surface area contributed by atoms with Crippen LogP contribution in [-0.2, 0) is 13.5 Å². The van der Waals surface area contributed by atoms with Gasteiger partial charge in [0.15, 0.2) is 0 Å². The Balaban J connectivity index is 1.81. The van der Waals surface area contributed by atoms with Crippen LogP contribution in [-0.4, -0.2) is 17.0 Å². The Labute approximate surface area is 138 Å². The van der Waals surface area contributed by atoms with Gasteiger partial charge in [0.1, 0.15) is 11.5 Å². The molecule has 0 bridgehead atoms. The zero-order chi connectivity index (χ0) is 17.1. The first kappa shape index (κ1) is 15.9. The molecule has 0 aliphatic carbocycles. The van der Waals surface area contributed by atoms with E-state index in [1.54, 1.807) is 0 Å². The molecule has 122 valence electrons. The highest BCUT2D eigenvalue weighted by Crippen LogP contribution is 2.13. The van der Waals surface area contributed by atoms with Crippen LogP contribution in [0.5, 0.6) is 0 Å². The number of nitrogens with one attached hydrogen (secondary N) is 1. The molecule has 0 atom stereocenters. The second kappa shape index (κ2) is 6.66. The number of aromatic nitrogens is 1. The number of pyridine rings is 1. The highest BCUT2D eigenvalue weighted by Gasteiger charge is 2.13. The fourth-order valence-electron chi connectivity index (χ4n) is 2.66. The number of hydrogen-bond donors (Lipinski definition) is 1. The zero-order valence-corrected chi connectivity index (χ0v) is 13.3. The number of fused-ring (bicyclic) bond motifs is 1. The molecule has 3 aromatic rings. The van der Waals surface area contributed by atoms with Crippen LogP contribution in [0.15, 0.2) is 59.4 Å². The van der Waals surface area contributed by atoms with E-state index in [2.05, 4.69) is 5.32 Å². The molecule has 1 aromatic heterocycles. The van der Waals surface area contributed by atoms with Crippen molar-refractivity contribution in [1.29, 1.82) is 0 Å². The fraction of sp³-hybridized carbons (Fsp3) is 0.158. The van der Waals surface area contributed by atoms with E-state index in [0.29, 0.717) is 23.7 Å². The molecule has 0 radical (unpaired) electrons. The number of nitrogens with zero attached hydrogens (tertiary/aromatic N) is 1. The predicted molar refractivity (Wildman–Crippen MR) is 91.6 cm³/mol. The molecule has 1 N–H and O–H groups in total. The minimum absolute atomic E-state index is 0.214. The molecule has 0 saturated heterocycles. The number of benzene rings is 2. The maximum Gasteiger partial charge on any atom is 0.268 e. The number of carbonyl (C=O) groups is 1. The maximum atomic E-state index is 13.4. The third-order valence-electron chi connectivity index (χ3n) is 3.98. The molecule has 4 nitrogen and oxygen atoms in total. The predicted octanol–water partition coefficient (Wildman–Crippen LogP) is 2.65. The molecule has 5 heteroatoms. The third-order valence-corrected chi connectivity index (χ3v) is 3.98. The van der Waals surface area contributed by atoms with Crippen LogP contribution in [0.3, 0.4) is 0 Å². The molecule has 2 aromatic carbocycles. The number of carbonyl (C=O) groups excluding carboxylic acids is 1. The molecular weight excluding hydrogens is 307 g/mol. The van der Waals surface area contributed by atoms with Gasteiger partial charge >= 0.3 is 0 Å². The normalized spacial score (nSPS) is 10.8. The Morgan fingerprint density at radius 3 is 2.62 bits per heavy atom. The Bertz CT molecular complexity index is 949. The SMILES string of the molecule is Cn1c(C(=O)NCCc2ccccc2)cc2cc(F)ccc2c1=O. The van der Waals surface area contributed by atoms with E-state index < -0.39 is 5.82 Å². The van der Waals surface area contributed by atoms with Gasteiger partial charge in [-0.1, -0.05) is 30.3 Å². The topological polar surface area (TPSA) is 51.1 Å². The number of rotatable bonds is 4. The standard InChI is InChI=1S/C19H17FN2O2/c1-22-17(12-14-11-15(20)7-8-16(14)19(22)24)18(23)21-10-9-13-5-3-2-4-6-13/h2-8,11-12H,9-10H2,1H3,(H,21,23). The van der Waals surface area contributed by atoms with Gasteiger partial charge in [-0.2, -0.15) is 0 Å². The molecular formula is C19H17FN2O2. The van der Waals surface area contributed by atoms with Gasteiger partial charge in [-0.05, 0) is 41.6 Å². The summed E-state index contributed by atoms with van der Waals surface area (Å²) in [7, 11) is 1.54. The summed E-state index contributed by atoms with van der Waals surface area (Å²) in [4.78, 5) is 24.7. The highest BCUT2D eigenvalue weighted by molar-refractivity contribution is 5.96. The lowest BCUT2D eigenvalue weighted by molar-refractivity contribution is 0.0945. The lowest BCUT2D eigenvalue weighted by Gasteiger charge is -2.11. The van der Waals surface area contributed by atoms with E-state index >= 15 is 0 Å². The Morgan fingerprint density at radius 2 is 1.88 bits per heavy atom. The van der Waals surface area contributed by atoms with Crippen molar-refractivity contribution in [2.45, 2.75) is 6.42 Å². The van der Waals surface area contributed by atoms with Crippen LogP contribution >= 0.6 is 0 Å². The largest absolute Gasteiger partial charge is 0.350 e. The summed E-state index contributed by atoms with van der Waals surface area (Å²) in [6, 6.07) is 15.3. The summed E-state index contributed by atoms with van der Waals surface area (Å²) in [5, 5.41) is 3.61. The van der Waals surface area contributed by atoms with Gasteiger partial charge in [0.05, 0.1) is 0 Å². The minimum Gasteiger partial charge on any atom is -0.350 e. The summed E-state index contributed by atoms with van der Waals surface area (Å²) in [6.07, 6.45) is 0.697. The van der Waals surface area contributed by atoms with E-state index in [9.17, 15) is 14.0 Å². The number of halogens is 1. The lowest BCUT2D eigenvalue weighted by Crippen LogP contribution is -2.32. The maximum absolute atomic E-state index is 13.4. The third kappa shape index (κ3) is 3.20. The van der Waals surface area contributed by atoms with Crippen molar-refractivity contribution < 1.29 is 9.18 Å². The average molecular weight is 324 g/mol.